The van der Waals surface area contributed by atoms with Crippen molar-refractivity contribution in [1.29, 1.82) is 0 Å². The molecule has 5 nitrogen and oxygen atoms in total. The van der Waals surface area contributed by atoms with Crippen LogP contribution >= 0.6 is 0 Å². The van der Waals surface area contributed by atoms with Crippen molar-refractivity contribution in [3.63, 3.8) is 0 Å². The Morgan fingerprint density at radius 1 is 1.29 bits per heavy atom. The van der Waals surface area contributed by atoms with E-state index < -0.39 is 11.0 Å². The van der Waals surface area contributed by atoms with E-state index in [1.807, 2.05) is 25.1 Å². The standard InChI is InChI=1S/C16H17NO4/c1-3-15(18)13-6-4-5-7-16(13)21-12-8-9-14(17(19)20)11(2)10-12/h4-10,15,18H,3H2,1-2H3/t15-/m1/s1. The van der Waals surface area contributed by atoms with Gasteiger partial charge in [0.05, 0.1) is 11.0 Å². The maximum Gasteiger partial charge on any atom is 0.272 e. The molecule has 0 saturated heterocycles. The molecule has 0 aliphatic carbocycles. The van der Waals surface area contributed by atoms with E-state index in [0.717, 1.165) is 0 Å². The lowest BCUT2D eigenvalue weighted by Crippen LogP contribution is -1.99. The molecule has 0 unspecified atom stereocenters. The lowest BCUT2D eigenvalue weighted by molar-refractivity contribution is -0.385. The average Bonchev–Trinajstić information content (AvgIpc) is 2.46. The Hall–Kier alpha value is -2.40. The van der Waals surface area contributed by atoms with Gasteiger partial charge in [0.2, 0.25) is 0 Å². The molecule has 0 aromatic heterocycles. The number of hydrogen-bond acceptors (Lipinski definition) is 4. The van der Waals surface area contributed by atoms with E-state index >= 15 is 0 Å². The Morgan fingerprint density at radius 2 is 2.00 bits per heavy atom. The molecule has 0 saturated carbocycles. The second kappa shape index (κ2) is 6.37. The molecule has 21 heavy (non-hydrogen) atoms. The first kappa shape index (κ1) is 15.0. The molecule has 0 aliphatic rings. The van der Waals surface area contributed by atoms with Gasteiger partial charge in [-0.3, -0.25) is 10.1 Å². The number of nitro benzene ring substituents is 1. The van der Waals surface area contributed by atoms with Gasteiger partial charge >= 0.3 is 0 Å². The largest absolute Gasteiger partial charge is 0.457 e. The van der Waals surface area contributed by atoms with Gasteiger partial charge in [0.15, 0.2) is 0 Å². The van der Waals surface area contributed by atoms with Crippen molar-refractivity contribution in [2.75, 3.05) is 0 Å². The van der Waals surface area contributed by atoms with Crippen LogP contribution in [0.5, 0.6) is 11.5 Å². The summed E-state index contributed by atoms with van der Waals surface area (Å²) in [6.45, 7) is 3.55. The van der Waals surface area contributed by atoms with Crippen LogP contribution in [0.15, 0.2) is 42.5 Å². The number of ether oxygens (including phenoxy) is 1. The topological polar surface area (TPSA) is 72.6 Å². The maximum atomic E-state index is 10.8. The van der Waals surface area contributed by atoms with Crippen LogP contribution in [0, 0.1) is 17.0 Å². The molecule has 1 atom stereocenters. The van der Waals surface area contributed by atoms with Crippen LogP contribution in [0.3, 0.4) is 0 Å². The molecular weight excluding hydrogens is 270 g/mol. The second-order valence-corrected chi connectivity index (χ2v) is 4.77. The number of aliphatic hydroxyl groups is 1. The molecular formula is C16H17NO4. The molecule has 2 aromatic rings. The molecule has 0 spiro atoms. The summed E-state index contributed by atoms with van der Waals surface area (Å²) in [6, 6.07) is 11.8. The molecule has 0 aliphatic heterocycles. The zero-order valence-corrected chi connectivity index (χ0v) is 11.9. The SMILES string of the molecule is CC[C@@H](O)c1ccccc1Oc1ccc([N+](=O)[O-])c(C)c1. The smallest absolute Gasteiger partial charge is 0.272 e. The number of hydrogen-bond donors (Lipinski definition) is 1. The van der Waals surface area contributed by atoms with Gasteiger partial charge in [-0.2, -0.15) is 0 Å². The van der Waals surface area contributed by atoms with Crippen molar-refractivity contribution in [1.82, 2.24) is 0 Å². The monoisotopic (exact) mass is 287 g/mol. The van der Waals surface area contributed by atoms with Gasteiger partial charge in [0, 0.05) is 17.2 Å². The van der Waals surface area contributed by atoms with E-state index in [-0.39, 0.29) is 5.69 Å². The van der Waals surface area contributed by atoms with E-state index in [1.54, 1.807) is 25.1 Å². The molecule has 2 rings (SSSR count). The number of nitrogens with zero attached hydrogens (tertiary/aromatic N) is 1. The summed E-state index contributed by atoms with van der Waals surface area (Å²) in [5.74, 6) is 1.06. The van der Waals surface area contributed by atoms with Crippen molar-refractivity contribution in [3.8, 4) is 11.5 Å². The minimum Gasteiger partial charge on any atom is -0.457 e. The van der Waals surface area contributed by atoms with Gasteiger partial charge in [-0.25, -0.2) is 0 Å². The summed E-state index contributed by atoms with van der Waals surface area (Å²) in [5, 5.41) is 20.8. The highest BCUT2D eigenvalue weighted by Crippen LogP contribution is 2.32. The molecule has 0 amide bonds. The van der Waals surface area contributed by atoms with Gasteiger partial charge in [-0.15, -0.1) is 0 Å². The highest BCUT2D eigenvalue weighted by Gasteiger charge is 2.14. The fraction of sp³-hybridized carbons (Fsp3) is 0.250. The Labute approximate surface area is 123 Å². The number of rotatable bonds is 5. The summed E-state index contributed by atoms with van der Waals surface area (Å²) in [7, 11) is 0. The van der Waals surface area contributed by atoms with Gasteiger partial charge in [0.1, 0.15) is 11.5 Å². The number of aryl methyl sites for hydroxylation is 1. The summed E-state index contributed by atoms with van der Waals surface area (Å²) in [6.07, 6.45) is -0.0139. The van der Waals surface area contributed by atoms with Crippen molar-refractivity contribution < 1.29 is 14.8 Å². The van der Waals surface area contributed by atoms with E-state index in [4.69, 9.17) is 4.74 Å². The average molecular weight is 287 g/mol. The van der Waals surface area contributed by atoms with Crippen LogP contribution in [0.4, 0.5) is 5.69 Å². The fourth-order valence-electron chi connectivity index (χ4n) is 2.09. The lowest BCUT2D eigenvalue weighted by atomic mass is 10.1. The van der Waals surface area contributed by atoms with E-state index in [0.29, 0.717) is 29.0 Å². The van der Waals surface area contributed by atoms with E-state index in [1.165, 1.54) is 6.07 Å². The summed E-state index contributed by atoms with van der Waals surface area (Å²) in [5.41, 5.74) is 1.30. The predicted octanol–water partition coefficient (Wildman–Crippen LogP) is 4.14. The fourth-order valence-corrected chi connectivity index (χ4v) is 2.09. The normalized spacial score (nSPS) is 12.0. The van der Waals surface area contributed by atoms with Gasteiger partial charge in [0.25, 0.3) is 5.69 Å². The molecule has 0 heterocycles. The first-order valence-electron chi connectivity index (χ1n) is 6.72. The number of nitro groups is 1. The summed E-state index contributed by atoms with van der Waals surface area (Å²) >= 11 is 0. The quantitative estimate of drug-likeness (QED) is 0.662. The van der Waals surface area contributed by atoms with Crippen LogP contribution in [0.2, 0.25) is 0 Å². The van der Waals surface area contributed by atoms with Crippen LogP contribution < -0.4 is 4.74 Å². The number of para-hydroxylation sites is 1. The zero-order chi connectivity index (χ0) is 15.4. The number of aliphatic hydroxyl groups excluding tert-OH is 1. The second-order valence-electron chi connectivity index (χ2n) is 4.77. The first-order valence-corrected chi connectivity index (χ1v) is 6.72. The predicted molar refractivity (Wildman–Crippen MR) is 79.6 cm³/mol. The molecule has 5 heteroatoms. The Kier molecular flexibility index (Phi) is 4.55. The molecule has 0 fully saturated rings. The molecule has 110 valence electrons. The van der Waals surface area contributed by atoms with Crippen molar-refractivity contribution in [2.24, 2.45) is 0 Å². The van der Waals surface area contributed by atoms with Crippen LogP contribution in [0.25, 0.3) is 0 Å². The van der Waals surface area contributed by atoms with Crippen LogP contribution in [0.1, 0.15) is 30.6 Å². The molecule has 0 bridgehead atoms. The highest BCUT2D eigenvalue weighted by atomic mass is 16.6. The Morgan fingerprint density at radius 3 is 2.62 bits per heavy atom. The van der Waals surface area contributed by atoms with Crippen LogP contribution in [-0.2, 0) is 0 Å². The summed E-state index contributed by atoms with van der Waals surface area (Å²) in [4.78, 5) is 10.4. The number of benzene rings is 2. The molecule has 2 aromatic carbocycles. The minimum atomic E-state index is -0.597. The minimum absolute atomic E-state index is 0.0595. The van der Waals surface area contributed by atoms with Crippen LogP contribution in [-0.4, -0.2) is 10.0 Å². The Balaban J connectivity index is 2.31. The van der Waals surface area contributed by atoms with Crippen molar-refractivity contribution >= 4 is 5.69 Å². The maximum absolute atomic E-state index is 10.8. The van der Waals surface area contributed by atoms with E-state index in [9.17, 15) is 15.2 Å². The zero-order valence-electron chi connectivity index (χ0n) is 11.9. The van der Waals surface area contributed by atoms with E-state index in [2.05, 4.69) is 0 Å². The highest BCUT2D eigenvalue weighted by molar-refractivity contribution is 5.46. The van der Waals surface area contributed by atoms with Gasteiger partial charge in [-0.05, 0) is 31.5 Å². The van der Waals surface area contributed by atoms with Gasteiger partial charge < -0.3 is 9.84 Å². The molecule has 1 N–H and O–H groups in total. The van der Waals surface area contributed by atoms with Crippen molar-refractivity contribution in [3.05, 3.63) is 63.7 Å². The lowest BCUT2D eigenvalue weighted by Gasteiger charge is -2.14. The third-order valence-corrected chi connectivity index (χ3v) is 3.26. The van der Waals surface area contributed by atoms with Gasteiger partial charge in [-0.1, -0.05) is 25.1 Å². The first-order chi connectivity index (χ1) is 10.0. The summed E-state index contributed by atoms with van der Waals surface area (Å²) < 4.78 is 5.77. The third kappa shape index (κ3) is 3.38. The molecule has 0 radical (unpaired) electrons. The Bertz CT molecular complexity index is 654. The van der Waals surface area contributed by atoms with Crippen molar-refractivity contribution in [2.45, 2.75) is 26.4 Å². The third-order valence-electron chi connectivity index (χ3n) is 3.26.